The fourth-order valence-electron chi connectivity index (χ4n) is 3.28. The molecule has 1 saturated heterocycles. The molecule has 0 amide bonds. The molecule has 0 aliphatic carbocycles. The molecule has 0 saturated carbocycles. The average Bonchev–Trinajstić information content (AvgIpc) is 2.36. The molecule has 19 heavy (non-hydrogen) atoms. The Kier molecular flexibility index (Phi) is 4.64. The molecule has 0 spiro atoms. The summed E-state index contributed by atoms with van der Waals surface area (Å²) in [5.41, 5.74) is 9.07. The van der Waals surface area contributed by atoms with Crippen LogP contribution >= 0.6 is 0 Å². The molecule has 4 atom stereocenters. The molecular formula is C17H28N2. The van der Waals surface area contributed by atoms with Crippen LogP contribution in [0.25, 0.3) is 0 Å². The quantitative estimate of drug-likeness (QED) is 0.903. The van der Waals surface area contributed by atoms with Gasteiger partial charge in [0.25, 0.3) is 0 Å². The molecule has 0 radical (unpaired) electrons. The van der Waals surface area contributed by atoms with Crippen molar-refractivity contribution < 1.29 is 0 Å². The summed E-state index contributed by atoms with van der Waals surface area (Å²) in [5.74, 6) is 1.60. The molecule has 1 aliphatic rings. The first kappa shape index (κ1) is 14.5. The fraction of sp³-hybridized carbons (Fsp3) is 0.647. The monoisotopic (exact) mass is 260 g/mol. The highest BCUT2D eigenvalue weighted by molar-refractivity contribution is 5.30. The van der Waals surface area contributed by atoms with Crippen molar-refractivity contribution in [1.82, 2.24) is 4.90 Å². The second-order valence-corrected chi connectivity index (χ2v) is 6.40. The van der Waals surface area contributed by atoms with E-state index in [-0.39, 0.29) is 6.04 Å². The maximum Gasteiger partial charge on any atom is 0.0499 e. The van der Waals surface area contributed by atoms with Crippen molar-refractivity contribution in [2.75, 3.05) is 13.1 Å². The summed E-state index contributed by atoms with van der Waals surface area (Å²) < 4.78 is 0. The number of piperidine rings is 1. The number of benzene rings is 1. The summed E-state index contributed by atoms with van der Waals surface area (Å²) in [5, 5.41) is 0. The normalized spacial score (nSPS) is 28.1. The van der Waals surface area contributed by atoms with E-state index in [0.717, 1.165) is 11.8 Å². The van der Waals surface area contributed by atoms with Gasteiger partial charge >= 0.3 is 0 Å². The van der Waals surface area contributed by atoms with Gasteiger partial charge in [-0.2, -0.15) is 0 Å². The molecule has 1 aromatic rings. The smallest absolute Gasteiger partial charge is 0.0499 e. The van der Waals surface area contributed by atoms with Gasteiger partial charge in [0.15, 0.2) is 0 Å². The Morgan fingerprint density at radius 1 is 1.21 bits per heavy atom. The van der Waals surface area contributed by atoms with E-state index in [0.29, 0.717) is 6.04 Å². The Morgan fingerprint density at radius 3 is 2.47 bits per heavy atom. The van der Waals surface area contributed by atoms with Gasteiger partial charge in [-0.15, -0.1) is 0 Å². The molecule has 1 heterocycles. The van der Waals surface area contributed by atoms with Crippen LogP contribution in [0.4, 0.5) is 0 Å². The molecule has 2 nitrogen and oxygen atoms in total. The first-order valence-corrected chi connectivity index (χ1v) is 7.56. The van der Waals surface area contributed by atoms with Crippen molar-refractivity contribution in [2.24, 2.45) is 17.6 Å². The zero-order chi connectivity index (χ0) is 14.0. The van der Waals surface area contributed by atoms with E-state index >= 15 is 0 Å². The highest BCUT2D eigenvalue weighted by atomic mass is 15.2. The number of aryl methyl sites for hydroxylation is 1. The lowest BCUT2D eigenvalue weighted by molar-refractivity contribution is 0.0848. The van der Waals surface area contributed by atoms with E-state index in [4.69, 9.17) is 5.73 Å². The number of nitrogens with zero attached hydrogens (tertiary/aromatic N) is 1. The van der Waals surface area contributed by atoms with Gasteiger partial charge in [-0.3, -0.25) is 4.90 Å². The van der Waals surface area contributed by atoms with Gasteiger partial charge in [-0.05, 0) is 49.8 Å². The highest BCUT2D eigenvalue weighted by Gasteiger charge is 2.31. The van der Waals surface area contributed by atoms with Gasteiger partial charge in [0.05, 0.1) is 0 Å². The molecular weight excluding hydrogens is 232 g/mol. The summed E-state index contributed by atoms with van der Waals surface area (Å²) in [4.78, 5) is 2.59. The summed E-state index contributed by atoms with van der Waals surface area (Å²) in [7, 11) is 0. The molecule has 0 aromatic heterocycles. The summed E-state index contributed by atoms with van der Waals surface area (Å²) in [6, 6.07) is 9.20. The SMILES string of the molecule is Cc1ccccc1C(C(C)N)N1CCC(C)C(C)C1. The second-order valence-electron chi connectivity index (χ2n) is 6.40. The fourth-order valence-corrected chi connectivity index (χ4v) is 3.28. The molecule has 1 fully saturated rings. The number of likely N-dealkylation sites (tertiary alicyclic amines) is 1. The van der Waals surface area contributed by atoms with Crippen molar-refractivity contribution in [2.45, 2.75) is 46.2 Å². The van der Waals surface area contributed by atoms with Crippen LogP contribution < -0.4 is 5.73 Å². The summed E-state index contributed by atoms with van der Waals surface area (Å²) in [6.07, 6.45) is 1.29. The highest BCUT2D eigenvalue weighted by Crippen LogP contribution is 2.32. The lowest BCUT2D eigenvalue weighted by Crippen LogP contribution is -2.46. The number of nitrogens with two attached hydrogens (primary N) is 1. The van der Waals surface area contributed by atoms with Crippen LogP contribution in [0.1, 0.15) is 44.4 Å². The van der Waals surface area contributed by atoms with E-state index < -0.39 is 0 Å². The zero-order valence-corrected chi connectivity index (χ0v) is 12.8. The maximum atomic E-state index is 6.31. The predicted octanol–water partition coefficient (Wildman–Crippen LogP) is 3.36. The van der Waals surface area contributed by atoms with Crippen molar-refractivity contribution in [3.8, 4) is 0 Å². The van der Waals surface area contributed by atoms with E-state index in [1.807, 2.05) is 0 Å². The third kappa shape index (κ3) is 3.18. The molecule has 106 valence electrons. The van der Waals surface area contributed by atoms with Crippen molar-refractivity contribution >= 4 is 0 Å². The van der Waals surface area contributed by atoms with E-state index in [1.165, 1.54) is 30.6 Å². The van der Waals surface area contributed by atoms with E-state index in [9.17, 15) is 0 Å². The number of hydrogen-bond donors (Lipinski definition) is 1. The number of hydrogen-bond acceptors (Lipinski definition) is 2. The zero-order valence-electron chi connectivity index (χ0n) is 12.8. The third-order valence-electron chi connectivity index (χ3n) is 4.76. The minimum atomic E-state index is 0.168. The van der Waals surface area contributed by atoms with Crippen LogP contribution in [-0.4, -0.2) is 24.0 Å². The summed E-state index contributed by atoms with van der Waals surface area (Å²) >= 11 is 0. The van der Waals surface area contributed by atoms with E-state index in [1.54, 1.807) is 0 Å². The third-order valence-corrected chi connectivity index (χ3v) is 4.76. The van der Waals surface area contributed by atoms with E-state index in [2.05, 4.69) is 56.9 Å². The van der Waals surface area contributed by atoms with Crippen molar-refractivity contribution in [1.29, 1.82) is 0 Å². The molecule has 4 unspecified atom stereocenters. The van der Waals surface area contributed by atoms with Gasteiger partial charge < -0.3 is 5.73 Å². The van der Waals surface area contributed by atoms with Gasteiger partial charge in [0, 0.05) is 18.6 Å². The van der Waals surface area contributed by atoms with Gasteiger partial charge in [0.2, 0.25) is 0 Å². The van der Waals surface area contributed by atoms with Gasteiger partial charge in [-0.1, -0.05) is 38.1 Å². The van der Waals surface area contributed by atoms with Crippen LogP contribution in [-0.2, 0) is 0 Å². The average molecular weight is 260 g/mol. The Morgan fingerprint density at radius 2 is 1.89 bits per heavy atom. The first-order chi connectivity index (χ1) is 9.00. The van der Waals surface area contributed by atoms with Gasteiger partial charge in [-0.25, -0.2) is 0 Å². The standard InChI is InChI=1S/C17H28N2/c1-12-9-10-19(11-14(12)3)17(15(4)18)16-8-6-5-7-13(16)2/h5-8,12,14-15,17H,9-11,18H2,1-4H3. The Labute approximate surface area is 118 Å². The first-order valence-electron chi connectivity index (χ1n) is 7.56. The van der Waals surface area contributed by atoms with Crippen LogP contribution in [0, 0.1) is 18.8 Å². The predicted molar refractivity (Wildman–Crippen MR) is 82.1 cm³/mol. The lowest BCUT2D eigenvalue weighted by Gasteiger charge is -2.42. The maximum absolute atomic E-state index is 6.31. The Hall–Kier alpha value is -0.860. The van der Waals surface area contributed by atoms with Crippen molar-refractivity contribution in [3.63, 3.8) is 0 Å². The minimum absolute atomic E-state index is 0.168. The topological polar surface area (TPSA) is 29.3 Å². The van der Waals surface area contributed by atoms with Crippen molar-refractivity contribution in [3.05, 3.63) is 35.4 Å². The Bertz CT molecular complexity index is 413. The van der Waals surface area contributed by atoms with Crippen LogP contribution in [0.15, 0.2) is 24.3 Å². The van der Waals surface area contributed by atoms with Crippen LogP contribution in [0.3, 0.4) is 0 Å². The molecule has 1 aliphatic heterocycles. The Balaban J connectivity index is 2.24. The summed E-state index contributed by atoms with van der Waals surface area (Å²) in [6.45, 7) is 11.4. The second kappa shape index (κ2) is 6.06. The molecule has 2 heteroatoms. The molecule has 2 rings (SSSR count). The molecule has 2 N–H and O–H groups in total. The molecule has 0 bridgehead atoms. The van der Waals surface area contributed by atoms with Crippen LogP contribution in [0.5, 0.6) is 0 Å². The number of rotatable bonds is 3. The van der Waals surface area contributed by atoms with Gasteiger partial charge in [0.1, 0.15) is 0 Å². The molecule has 1 aromatic carbocycles. The minimum Gasteiger partial charge on any atom is -0.326 e. The lowest BCUT2D eigenvalue weighted by atomic mass is 9.85. The van der Waals surface area contributed by atoms with Crippen LogP contribution in [0.2, 0.25) is 0 Å². The largest absolute Gasteiger partial charge is 0.326 e.